The van der Waals surface area contributed by atoms with Crippen LogP contribution in [0.1, 0.15) is 27.7 Å². The molecule has 80 valence electrons. The van der Waals surface area contributed by atoms with Crippen LogP contribution in [0.3, 0.4) is 0 Å². The van der Waals surface area contributed by atoms with E-state index in [0.717, 1.165) is 0 Å². The van der Waals surface area contributed by atoms with Crippen molar-refractivity contribution in [1.29, 1.82) is 0 Å². The van der Waals surface area contributed by atoms with Gasteiger partial charge >= 0.3 is 0 Å². The van der Waals surface area contributed by atoms with E-state index in [9.17, 15) is 8.42 Å². The van der Waals surface area contributed by atoms with Crippen LogP contribution in [0, 0.1) is 0 Å². The zero-order valence-electron chi connectivity index (χ0n) is 8.75. The highest BCUT2D eigenvalue weighted by atomic mass is 32.2. The molecule has 0 saturated heterocycles. The standard InChI is InChI=1S/C8H19NO3S/c1-5-12-7-6-9-13(10,11)8(2,3)4/h9H,5-7H2,1-4H3. The molecule has 0 heterocycles. The molecule has 0 saturated carbocycles. The fraction of sp³-hybridized carbons (Fsp3) is 1.00. The van der Waals surface area contributed by atoms with Crippen molar-refractivity contribution in [2.45, 2.75) is 32.4 Å². The molecule has 0 fully saturated rings. The second kappa shape index (κ2) is 4.93. The van der Waals surface area contributed by atoms with E-state index in [1.807, 2.05) is 6.92 Å². The summed E-state index contributed by atoms with van der Waals surface area (Å²) in [7, 11) is -3.21. The number of rotatable bonds is 5. The van der Waals surface area contributed by atoms with Gasteiger partial charge in [-0.15, -0.1) is 0 Å². The molecule has 0 aliphatic carbocycles. The van der Waals surface area contributed by atoms with E-state index in [4.69, 9.17) is 4.74 Å². The third kappa shape index (κ3) is 4.59. The van der Waals surface area contributed by atoms with Gasteiger partial charge in [0.25, 0.3) is 0 Å². The second-order valence-corrected chi connectivity index (χ2v) is 6.23. The van der Waals surface area contributed by atoms with E-state index in [2.05, 4.69) is 4.72 Å². The van der Waals surface area contributed by atoms with E-state index >= 15 is 0 Å². The Balaban J connectivity index is 3.92. The summed E-state index contributed by atoms with van der Waals surface area (Å²) in [6.45, 7) is 8.23. The van der Waals surface area contributed by atoms with Crippen molar-refractivity contribution in [2.24, 2.45) is 0 Å². The Bertz CT molecular complexity index is 228. The second-order valence-electron chi connectivity index (χ2n) is 3.71. The Morgan fingerprint density at radius 1 is 1.31 bits per heavy atom. The van der Waals surface area contributed by atoms with E-state index in [0.29, 0.717) is 19.8 Å². The van der Waals surface area contributed by atoms with Gasteiger partial charge in [-0.3, -0.25) is 0 Å². The third-order valence-corrected chi connectivity index (χ3v) is 3.75. The number of nitrogens with one attached hydrogen (secondary N) is 1. The molecule has 0 bridgehead atoms. The first-order chi connectivity index (χ1) is 5.81. The fourth-order valence-corrected chi connectivity index (χ4v) is 1.39. The summed E-state index contributed by atoms with van der Waals surface area (Å²) in [5.41, 5.74) is 0. The Morgan fingerprint density at radius 2 is 1.85 bits per heavy atom. The van der Waals surface area contributed by atoms with E-state index in [1.54, 1.807) is 20.8 Å². The van der Waals surface area contributed by atoms with Crippen LogP contribution in [0.25, 0.3) is 0 Å². The molecule has 0 atom stereocenters. The van der Waals surface area contributed by atoms with Gasteiger partial charge in [0, 0.05) is 13.2 Å². The average molecular weight is 209 g/mol. The molecule has 0 aromatic rings. The molecular formula is C8H19NO3S. The maximum Gasteiger partial charge on any atom is 0.216 e. The number of hydrogen-bond acceptors (Lipinski definition) is 3. The Kier molecular flexibility index (Phi) is 4.88. The molecule has 0 aromatic heterocycles. The number of ether oxygens (including phenoxy) is 1. The van der Waals surface area contributed by atoms with Crippen molar-refractivity contribution in [3.63, 3.8) is 0 Å². The SMILES string of the molecule is CCOCCNS(=O)(=O)C(C)(C)C. The van der Waals surface area contributed by atoms with Gasteiger partial charge in [-0.25, -0.2) is 13.1 Å². The van der Waals surface area contributed by atoms with Crippen molar-refractivity contribution in [2.75, 3.05) is 19.8 Å². The minimum Gasteiger partial charge on any atom is -0.380 e. The van der Waals surface area contributed by atoms with E-state index < -0.39 is 14.8 Å². The average Bonchev–Trinajstić information content (AvgIpc) is 1.96. The predicted molar refractivity (Wildman–Crippen MR) is 53.2 cm³/mol. The van der Waals surface area contributed by atoms with Gasteiger partial charge < -0.3 is 4.74 Å². The van der Waals surface area contributed by atoms with Gasteiger partial charge in [-0.1, -0.05) is 0 Å². The van der Waals surface area contributed by atoms with E-state index in [1.165, 1.54) is 0 Å². The molecule has 0 rings (SSSR count). The molecule has 5 heteroatoms. The molecule has 0 amide bonds. The zero-order chi connectivity index (χ0) is 10.5. The van der Waals surface area contributed by atoms with Crippen molar-refractivity contribution >= 4 is 10.0 Å². The van der Waals surface area contributed by atoms with Gasteiger partial charge in [0.05, 0.1) is 11.4 Å². The maximum atomic E-state index is 11.4. The Labute approximate surface area is 80.7 Å². The number of hydrogen-bond donors (Lipinski definition) is 1. The van der Waals surface area contributed by atoms with Gasteiger partial charge in [0.15, 0.2) is 0 Å². The first-order valence-electron chi connectivity index (χ1n) is 4.38. The molecular weight excluding hydrogens is 190 g/mol. The third-order valence-electron chi connectivity index (χ3n) is 1.55. The molecule has 0 aliphatic rings. The first-order valence-corrected chi connectivity index (χ1v) is 5.86. The van der Waals surface area contributed by atoms with Crippen LogP contribution in [0.15, 0.2) is 0 Å². The van der Waals surface area contributed by atoms with Crippen LogP contribution >= 0.6 is 0 Å². The topological polar surface area (TPSA) is 55.4 Å². The van der Waals surface area contributed by atoms with Crippen molar-refractivity contribution in [3.05, 3.63) is 0 Å². The van der Waals surface area contributed by atoms with E-state index in [-0.39, 0.29) is 0 Å². The lowest BCUT2D eigenvalue weighted by Crippen LogP contribution is -2.40. The highest BCUT2D eigenvalue weighted by molar-refractivity contribution is 7.90. The van der Waals surface area contributed by atoms with Crippen LogP contribution in [0.2, 0.25) is 0 Å². The summed E-state index contributed by atoms with van der Waals surface area (Å²) in [5, 5.41) is 0. The van der Waals surface area contributed by atoms with Crippen LogP contribution in [0.5, 0.6) is 0 Å². The fourth-order valence-electron chi connectivity index (χ4n) is 0.609. The summed E-state index contributed by atoms with van der Waals surface area (Å²) in [5.74, 6) is 0. The Morgan fingerprint density at radius 3 is 2.23 bits per heavy atom. The lowest BCUT2D eigenvalue weighted by Gasteiger charge is -2.19. The lowest BCUT2D eigenvalue weighted by atomic mass is 10.3. The first kappa shape index (κ1) is 12.9. The monoisotopic (exact) mass is 209 g/mol. The summed E-state index contributed by atoms with van der Waals surface area (Å²) in [4.78, 5) is 0. The smallest absolute Gasteiger partial charge is 0.216 e. The van der Waals surface area contributed by atoms with Crippen LogP contribution in [0.4, 0.5) is 0 Å². The highest BCUT2D eigenvalue weighted by Crippen LogP contribution is 2.12. The van der Waals surface area contributed by atoms with Gasteiger partial charge in [-0.05, 0) is 27.7 Å². The highest BCUT2D eigenvalue weighted by Gasteiger charge is 2.27. The molecule has 13 heavy (non-hydrogen) atoms. The Hall–Kier alpha value is -0.130. The van der Waals surface area contributed by atoms with Crippen LogP contribution in [-0.4, -0.2) is 32.9 Å². The van der Waals surface area contributed by atoms with Crippen molar-refractivity contribution in [1.82, 2.24) is 4.72 Å². The van der Waals surface area contributed by atoms with Crippen molar-refractivity contribution < 1.29 is 13.2 Å². The molecule has 0 spiro atoms. The summed E-state index contributed by atoms with van der Waals surface area (Å²) in [6, 6.07) is 0. The molecule has 0 aromatic carbocycles. The van der Waals surface area contributed by atoms with Crippen molar-refractivity contribution in [3.8, 4) is 0 Å². The lowest BCUT2D eigenvalue weighted by molar-refractivity contribution is 0.153. The largest absolute Gasteiger partial charge is 0.380 e. The van der Waals surface area contributed by atoms with Crippen LogP contribution < -0.4 is 4.72 Å². The molecule has 4 nitrogen and oxygen atoms in total. The molecule has 1 N–H and O–H groups in total. The summed E-state index contributed by atoms with van der Waals surface area (Å²) in [6.07, 6.45) is 0. The minimum atomic E-state index is -3.21. The quantitative estimate of drug-likeness (QED) is 0.679. The minimum absolute atomic E-state index is 0.341. The van der Waals surface area contributed by atoms with Gasteiger partial charge in [0.2, 0.25) is 10.0 Å². The normalized spacial score (nSPS) is 13.2. The summed E-state index contributed by atoms with van der Waals surface area (Å²) < 4.78 is 29.6. The maximum absolute atomic E-state index is 11.4. The van der Waals surface area contributed by atoms with Gasteiger partial charge in [-0.2, -0.15) is 0 Å². The molecule has 0 aliphatic heterocycles. The predicted octanol–water partition coefficient (Wildman–Crippen LogP) is 0.741. The molecule has 0 unspecified atom stereocenters. The molecule has 0 radical (unpaired) electrons. The number of sulfonamides is 1. The zero-order valence-corrected chi connectivity index (χ0v) is 9.57. The van der Waals surface area contributed by atoms with Gasteiger partial charge in [0.1, 0.15) is 0 Å². The van der Waals surface area contributed by atoms with Crippen LogP contribution in [-0.2, 0) is 14.8 Å². The summed E-state index contributed by atoms with van der Waals surface area (Å²) >= 11 is 0.